The van der Waals surface area contributed by atoms with Crippen molar-refractivity contribution in [1.29, 1.82) is 0 Å². The van der Waals surface area contributed by atoms with Crippen LogP contribution in [0.3, 0.4) is 0 Å². The monoisotopic (exact) mass is 537 g/mol. The third-order valence-corrected chi connectivity index (χ3v) is 7.69. The summed E-state index contributed by atoms with van der Waals surface area (Å²) in [5.41, 5.74) is 3.18. The number of rotatable bonds is 7. The molecule has 5 rings (SSSR count). The average Bonchev–Trinajstić information content (AvgIpc) is 3.56. The van der Waals surface area contributed by atoms with Gasteiger partial charge in [0.05, 0.1) is 39.0 Å². The SMILES string of the molecule is CC(C)N1CCN(c2cc(-n3ccccc3=O)ccc2-n2cc(CNC(=O)c3ccc(Cl)s3)nn2)CC1. The molecule has 3 aromatic heterocycles. The van der Waals surface area contributed by atoms with Crippen LogP contribution in [-0.2, 0) is 6.54 Å². The van der Waals surface area contributed by atoms with Crippen LogP contribution in [0, 0.1) is 0 Å². The Labute approximate surface area is 223 Å². The Balaban J connectivity index is 1.42. The largest absolute Gasteiger partial charge is 0.367 e. The third kappa shape index (κ3) is 5.61. The van der Waals surface area contributed by atoms with E-state index in [9.17, 15) is 9.59 Å². The van der Waals surface area contributed by atoms with Gasteiger partial charge in [0.15, 0.2) is 0 Å². The van der Waals surface area contributed by atoms with Gasteiger partial charge in [0.25, 0.3) is 11.5 Å². The second-order valence-corrected chi connectivity index (χ2v) is 10.9. The van der Waals surface area contributed by atoms with Crippen LogP contribution in [0.2, 0.25) is 4.34 Å². The number of amides is 1. The first-order valence-corrected chi connectivity index (χ1v) is 13.3. The number of carbonyl (C=O) groups is 1. The summed E-state index contributed by atoms with van der Waals surface area (Å²) in [7, 11) is 0. The lowest BCUT2D eigenvalue weighted by Gasteiger charge is -2.38. The summed E-state index contributed by atoms with van der Waals surface area (Å²) in [6, 6.07) is 14.9. The van der Waals surface area contributed by atoms with Crippen molar-refractivity contribution in [3.05, 3.63) is 86.2 Å². The highest BCUT2D eigenvalue weighted by atomic mass is 35.5. The standard InChI is InChI=1S/C26H28ClN7O2S/c1-18(2)31-11-13-32(14-12-31)22-15-20(33-10-4-3-5-25(33)35)6-7-21(22)34-17-19(29-30-34)16-28-26(36)23-8-9-24(27)37-23/h3-10,15,17-18H,11-14,16H2,1-2H3,(H,28,36). The molecule has 0 bridgehead atoms. The van der Waals surface area contributed by atoms with E-state index in [2.05, 4.69) is 39.3 Å². The van der Waals surface area contributed by atoms with E-state index >= 15 is 0 Å². The molecule has 1 fully saturated rings. The number of halogens is 1. The summed E-state index contributed by atoms with van der Waals surface area (Å²) in [6.07, 6.45) is 3.59. The van der Waals surface area contributed by atoms with Crippen molar-refractivity contribution < 1.29 is 4.79 Å². The number of hydrogen-bond acceptors (Lipinski definition) is 7. The zero-order valence-corrected chi connectivity index (χ0v) is 22.2. The topological polar surface area (TPSA) is 88.3 Å². The molecule has 0 saturated carbocycles. The van der Waals surface area contributed by atoms with Gasteiger partial charge in [0.2, 0.25) is 0 Å². The molecule has 0 unspecified atom stereocenters. The van der Waals surface area contributed by atoms with Gasteiger partial charge in [0.1, 0.15) is 5.69 Å². The summed E-state index contributed by atoms with van der Waals surface area (Å²) >= 11 is 7.17. The van der Waals surface area contributed by atoms with E-state index in [-0.39, 0.29) is 18.0 Å². The molecule has 0 atom stereocenters. The van der Waals surface area contributed by atoms with Crippen molar-refractivity contribution >= 4 is 34.5 Å². The van der Waals surface area contributed by atoms with Gasteiger partial charge in [-0.25, -0.2) is 4.68 Å². The summed E-state index contributed by atoms with van der Waals surface area (Å²) in [4.78, 5) is 30.2. The Morgan fingerprint density at radius 2 is 1.89 bits per heavy atom. The quantitative estimate of drug-likeness (QED) is 0.387. The van der Waals surface area contributed by atoms with Crippen molar-refractivity contribution in [3.8, 4) is 11.4 Å². The first kappa shape index (κ1) is 25.2. The normalized spacial score (nSPS) is 14.3. The minimum atomic E-state index is -0.201. The fourth-order valence-electron chi connectivity index (χ4n) is 4.42. The minimum Gasteiger partial charge on any atom is -0.367 e. The smallest absolute Gasteiger partial charge is 0.261 e. The molecule has 0 spiro atoms. The zero-order valence-electron chi connectivity index (χ0n) is 20.7. The predicted molar refractivity (Wildman–Crippen MR) is 146 cm³/mol. The molecular weight excluding hydrogens is 510 g/mol. The number of benzene rings is 1. The maximum absolute atomic E-state index is 12.5. The van der Waals surface area contributed by atoms with Gasteiger partial charge in [-0.2, -0.15) is 0 Å². The number of nitrogens with zero attached hydrogens (tertiary/aromatic N) is 6. The van der Waals surface area contributed by atoms with Gasteiger partial charge >= 0.3 is 0 Å². The second-order valence-electron chi connectivity index (χ2n) is 9.14. The molecular formula is C26H28ClN7O2S. The average molecular weight is 538 g/mol. The maximum atomic E-state index is 12.5. The van der Waals surface area contributed by atoms with Crippen LogP contribution in [0.5, 0.6) is 0 Å². The number of nitrogens with one attached hydrogen (secondary N) is 1. The van der Waals surface area contributed by atoms with Crippen LogP contribution in [-0.4, -0.2) is 62.6 Å². The lowest BCUT2D eigenvalue weighted by Crippen LogP contribution is -2.49. The molecule has 192 valence electrons. The molecule has 4 aromatic rings. The van der Waals surface area contributed by atoms with E-state index < -0.39 is 0 Å². The highest BCUT2D eigenvalue weighted by Crippen LogP contribution is 2.28. The van der Waals surface area contributed by atoms with Crippen LogP contribution in [0.1, 0.15) is 29.2 Å². The van der Waals surface area contributed by atoms with Crippen molar-refractivity contribution in [1.82, 2.24) is 29.8 Å². The first-order valence-electron chi connectivity index (χ1n) is 12.2. The summed E-state index contributed by atoms with van der Waals surface area (Å²) in [5.74, 6) is -0.201. The second kappa shape index (κ2) is 10.9. The number of pyridine rings is 1. The molecule has 1 N–H and O–H groups in total. The van der Waals surface area contributed by atoms with E-state index in [1.807, 2.05) is 30.5 Å². The Morgan fingerprint density at radius 1 is 1.08 bits per heavy atom. The fourth-order valence-corrected chi connectivity index (χ4v) is 5.38. The molecule has 9 nitrogen and oxygen atoms in total. The Kier molecular flexibility index (Phi) is 7.40. The van der Waals surface area contributed by atoms with Crippen molar-refractivity contribution in [2.75, 3.05) is 31.1 Å². The fraction of sp³-hybridized carbons (Fsp3) is 0.308. The molecule has 1 aliphatic heterocycles. The molecule has 37 heavy (non-hydrogen) atoms. The Morgan fingerprint density at radius 3 is 2.59 bits per heavy atom. The van der Waals surface area contributed by atoms with Crippen LogP contribution in [0.4, 0.5) is 5.69 Å². The van der Waals surface area contributed by atoms with Crippen molar-refractivity contribution in [2.45, 2.75) is 26.4 Å². The minimum absolute atomic E-state index is 0.0864. The molecule has 1 amide bonds. The van der Waals surface area contributed by atoms with Gasteiger partial charge < -0.3 is 10.2 Å². The molecule has 1 aliphatic rings. The van der Waals surface area contributed by atoms with Crippen LogP contribution in [0.25, 0.3) is 11.4 Å². The molecule has 1 saturated heterocycles. The Bertz CT molecular complexity index is 1450. The van der Waals surface area contributed by atoms with Crippen LogP contribution in [0.15, 0.2) is 65.7 Å². The summed E-state index contributed by atoms with van der Waals surface area (Å²) < 4.78 is 3.93. The predicted octanol–water partition coefficient (Wildman–Crippen LogP) is 3.59. The van der Waals surface area contributed by atoms with Gasteiger partial charge in [0, 0.05) is 44.5 Å². The van der Waals surface area contributed by atoms with Gasteiger partial charge in [-0.15, -0.1) is 16.4 Å². The number of thiophene rings is 1. The Hall–Kier alpha value is -3.47. The molecule has 11 heteroatoms. The zero-order chi connectivity index (χ0) is 25.9. The molecule has 4 heterocycles. The van der Waals surface area contributed by atoms with E-state index in [1.165, 1.54) is 11.3 Å². The number of aromatic nitrogens is 4. The van der Waals surface area contributed by atoms with Crippen LogP contribution < -0.4 is 15.8 Å². The van der Waals surface area contributed by atoms with Gasteiger partial charge in [-0.3, -0.25) is 19.1 Å². The highest BCUT2D eigenvalue weighted by Gasteiger charge is 2.22. The number of piperazine rings is 1. The van der Waals surface area contributed by atoms with Gasteiger partial charge in [-0.1, -0.05) is 22.9 Å². The van der Waals surface area contributed by atoms with E-state index in [4.69, 9.17) is 11.6 Å². The number of carbonyl (C=O) groups excluding carboxylic acids is 1. The number of anilines is 1. The number of hydrogen-bond donors (Lipinski definition) is 1. The maximum Gasteiger partial charge on any atom is 0.261 e. The first-order chi connectivity index (χ1) is 17.9. The van der Waals surface area contributed by atoms with Crippen molar-refractivity contribution in [2.24, 2.45) is 0 Å². The highest BCUT2D eigenvalue weighted by molar-refractivity contribution is 7.17. The summed E-state index contributed by atoms with van der Waals surface area (Å²) in [5, 5.41) is 11.5. The molecule has 0 aliphatic carbocycles. The summed E-state index contributed by atoms with van der Waals surface area (Å²) in [6.45, 7) is 8.30. The van der Waals surface area contributed by atoms with Crippen molar-refractivity contribution in [3.63, 3.8) is 0 Å². The molecule has 0 radical (unpaired) electrons. The van der Waals surface area contributed by atoms with E-state index in [0.29, 0.717) is 20.9 Å². The molecule has 1 aromatic carbocycles. The van der Waals surface area contributed by atoms with Gasteiger partial charge in [-0.05, 0) is 50.2 Å². The lowest BCUT2D eigenvalue weighted by molar-refractivity contribution is 0.0954. The van der Waals surface area contributed by atoms with E-state index in [0.717, 1.165) is 43.2 Å². The van der Waals surface area contributed by atoms with Crippen LogP contribution >= 0.6 is 22.9 Å². The third-order valence-electron chi connectivity index (χ3n) is 6.46. The van der Waals surface area contributed by atoms with E-state index in [1.54, 1.807) is 39.7 Å². The lowest BCUT2D eigenvalue weighted by atomic mass is 10.1.